The minimum absolute atomic E-state index is 0.805. The van der Waals surface area contributed by atoms with Gasteiger partial charge in [0, 0.05) is 45.7 Å². The molecule has 0 aliphatic rings. The van der Waals surface area contributed by atoms with Gasteiger partial charge in [0.25, 0.3) is 0 Å². The van der Waals surface area contributed by atoms with E-state index in [1.165, 1.54) is 5.69 Å². The SMILES string of the molecule is CCNCc1cc(N(C)CCCOC)ccn1. The van der Waals surface area contributed by atoms with Crippen LogP contribution in [0.15, 0.2) is 18.3 Å². The van der Waals surface area contributed by atoms with Gasteiger partial charge in [-0.25, -0.2) is 0 Å². The molecule has 0 spiro atoms. The average Bonchev–Trinajstić information content (AvgIpc) is 2.37. The van der Waals surface area contributed by atoms with Gasteiger partial charge in [-0.2, -0.15) is 0 Å². The van der Waals surface area contributed by atoms with Crippen molar-refractivity contribution >= 4 is 5.69 Å². The summed E-state index contributed by atoms with van der Waals surface area (Å²) >= 11 is 0. The largest absolute Gasteiger partial charge is 0.385 e. The van der Waals surface area contributed by atoms with Crippen LogP contribution in [-0.4, -0.2) is 38.8 Å². The lowest BCUT2D eigenvalue weighted by Crippen LogP contribution is -2.20. The van der Waals surface area contributed by atoms with E-state index >= 15 is 0 Å². The minimum atomic E-state index is 0.805. The third-order valence-electron chi connectivity index (χ3n) is 2.64. The Labute approximate surface area is 104 Å². The van der Waals surface area contributed by atoms with E-state index in [2.05, 4.69) is 35.2 Å². The number of nitrogens with zero attached hydrogens (tertiary/aromatic N) is 2. The number of aromatic nitrogens is 1. The Morgan fingerprint density at radius 3 is 3.00 bits per heavy atom. The van der Waals surface area contributed by atoms with Crippen molar-refractivity contribution in [3.05, 3.63) is 24.0 Å². The molecule has 1 aromatic heterocycles. The Hall–Kier alpha value is -1.13. The third-order valence-corrected chi connectivity index (χ3v) is 2.64. The Kier molecular flexibility index (Phi) is 6.58. The molecule has 0 fully saturated rings. The van der Waals surface area contributed by atoms with E-state index in [9.17, 15) is 0 Å². The zero-order valence-electron chi connectivity index (χ0n) is 11.1. The van der Waals surface area contributed by atoms with Crippen LogP contribution in [-0.2, 0) is 11.3 Å². The van der Waals surface area contributed by atoms with E-state index in [0.29, 0.717) is 0 Å². The van der Waals surface area contributed by atoms with Gasteiger partial charge < -0.3 is 15.0 Å². The van der Waals surface area contributed by atoms with Crippen molar-refractivity contribution in [3.63, 3.8) is 0 Å². The first-order chi connectivity index (χ1) is 8.27. The lowest BCUT2D eigenvalue weighted by molar-refractivity contribution is 0.196. The Bertz CT molecular complexity index is 317. The fourth-order valence-corrected chi connectivity index (χ4v) is 1.63. The number of pyridine rings is 1. The predicted molar refractivity (Wildman–Crippen MR) is 71.4 cm³/mol. The predicted octanol–water partition coefficient (Wildman–Crippen LogP) is 1.66. The lowest BCUT2D eigenvalue weighted by Gasteiger charge is -2.19. The smallest absolute Gasteiger partial charge is 0.0562 e. The molecule has 1 rings (SSSR count). The third kappa shape index (κ3) is 5.15. The fraction of sp³-hybridized carbons (Fsp3) is 0.615. The van der Waals surface area contributed by atoms with Crippen molar-refractivity contribution in [1.82, 2.24) is 10.3 Å². The molecule has 1 aromatic rings. The highest BCUT2D eigenvalue weighted by atomic mass is 16.5. The maximum Gasteiger partial charge on any atom is 0.0562 e. The number of methoxy groups -OCH3 is 1. The molecule has 0 aromatic carbocycles. The van der Waals surface area contributed by atoms with E-state index in [1.54, 1.807) is 7.11 Å². The molecule has 17 heavy (non-hydrogen) atoms. The minimum Gasteiger partial charge on any atom is -0.385 e. The fourth-order valence-electron chi connectivity index (χ4n) is 1.63. The molecule has 1 N–H and O–H groups in total. The zero-order chi connectivity index (χ0) is 12.5. The van der Waals surface area contributed by atoms with Gasteiger partial charge in [0.2, 0.25) is 0 Å². The van der Waals surface area contributed by atoms with Crippen molar-refractivity contribution in [2.75, 3.05) is 38.8 Å². The van der Waals surface area contributed by atoms with Crippen LogP contribution in [0.1, 0.15) is 19.0 Å². The molecule has 0 bridgehead atoms. The molecular formula is C13H23N3O. The van der Waals surface area contributed by atoms with Crippen LogP contribution in [0.2, 0.25) is 0 Å². The van der Waals surface area contributed by atoms with Gasteiger partial charge in [-0.1, -0.05) is 6.92 Å². The second-order valence-electron chi connectivity index (χ2n) is 4.05. The van der Waals surface area contributed by atoms with Crippen LogP contribution in [0.25, 0.3) is 0 Å². The molecule has 4 heteroatoms. The van der Waals surface area contributed by atoms with Crippen LogP contribution >= 0.6 is 0 Å². The number of hydrogen-bond acceptors (Lipinski definition) is 4. The van der Waals surface area contributed by atoms with E-state index in [-0.39, 0.29) is 0 Å². The highest BCUT2D eigenvalue weighted by molar-refractivity contribution is 5.45. The van der Waals surface area contributed by atoms with Crippen LogP contribution in [0.4, 0.5) is 5.69 Å². The second-order valence-corrected chi connectivity index (χ2v) is 4.05. The topological polar surface area (TPSA) is 37.4 Å². The van der Waals surface area contributed by atoms with Gasteiger partial charge in [-0.15, -0.1) is 0 Å². The van der Waals surface area contributed by atoms with Crippen molar-refractivity contribution < 1.29 is 4.74 Å². The summed E-state index contributed by atoms with van der Waals surface area (Å²) in [5.74, 6) is 0. The molecule has 0 radical (unpaired) electrons. The quantitative estimate of drug-likeness (QED) is 0.698. The van der Waals surface area contributed by atoms with Gasteiger partial charge in [0.1, 0.15) is 0 Å². The first-order valence-electron chi connectivity index (χ1n) is 6.13. The first kappa shape index (κ1) is 13.9. The van der Waals surface area contributed by atoms with E-state index < -0.39 is 0 Å². The zero-order valence-corrected chi connectivity index (χ0v) is 11.1. The molecule has 1 heterocycles. The van der Waals surface area contributed by atoms with Crippen LogP contribution in [0, 0.1) is 0 Å². The molecule has 0 aliphatic carbocycles. The maximum atomic E-state index is 5.06. The van der Waals surface area contributed by atoms with Crippen molar-refractivity contribution in [2.24, 2.45) is 0 Å². The standard InChI is InChI=1S/C13H23N3O/c1-4-14-11-12-10-13(6-7-15-12)16(2)8-5-9-17-3/h6-7,10,14H,4-5,8-9,11H2,1-3H3. The number of ether oxygens (including phenoxy) is 1. The van der Waals surface area contributed by atoms with Gasteiger partial charge in [-0.3, -0.25) is 4.98 Å². The summed E-state index contributed by atoms with van der Waals surface area (Å²) in [4.78, 5) is 6.57. The van der Waals surface area contributed by atoms with E-state index in [1.807, 2.05) is 12.3 Å². The second kappa shape index (κ2) is 8.03. The van der Waals surface area contributed by atoms with Crippen molar-refractivity contribution in [1.29, 1.82) is 0 Å². The molecule has 96 valence electrons. The number of rotatable bonds is 8. The highest BCUT2D eigenvalue weighted by Crippen LogP contribution is 2.13. The van der Waals surface area contributed by atoms with E-state index in [4.69, 9.17) is 4.74 Å². The van der Waals surface area contributed by atoms with Crippen LogP contribution < -0.4 is 10.2 Å². The molecule has 0 amide bonds. The number of anilines is 1. The van der Waals surface area contributed by atoms with Gasteiger partial charge in [-0.05, 0) is 25.1 Å². The first-order valence-corrected chi connectivity index (χ1v) is 6.13. The van der Waals surface area contributed by atoms with Crippen LogP contribution in [0.3, 0.4) is 0 Å². The monoisotopic (exact) mass is 237 g/mol. The van der Waals surface area contributed by atoms with Crippen molar-refractivity contribution in [2.45, 2.75) is 19.9 Å². The molecule has 0 aliphatic heterocycles. The molecule has 4 nitrogen and oxygen atoms in total. The van der Waals surface area contributed by atoms with Crippen molar-refractivity contribution in [3.8, 4) is 0 Å². The summed E-state index contributed by atoms with van der Waals surface area (Å²) in [5, 5.41) is 3.28. The molecule has 0 saturated carbocycles. The highest BCUT2D eigenvalue weighted by Gasteiger charge is 2.02. The molecule has 0 saturated heterocycles. The Balaban J connectivity index is 2.51. The summed E-state index contributed by atoms with van der Waals surface area (Å²) in [7, 11) is 3.84. The Morgan fingerprint density at radius 1 is 1.47 bits per heavy atom. The van der Waals surface area contributed by atoms with Crippen LogP contribution in [0.5, 0.6) is 0 Å². The molecular weight excluding hydrogens is 214 g/mol. The number of hydrogen-bond donors (Lipinski definition) is 1. The van der Waals surface area contributed by atoms with E-state index in [0.717, 1.165) is 38.4 Å². The molecule has 0 atom stereocenters. The Morgan fingerprint density at radius 2 is 2.29 bits per heavy atom. The summed E-state index contributed by atoms with van der Waals surface area (Å²) in [5.41, 5.74) is 2.30. The summed E-state index contributed by atoms with van der Waals surface area (Å²) in [6.45, 7) is 5.70. The summed E-state index contributed by atoms with van der Waals surface area (Å²) in [6, 6.07) is 4.18. The molecule has 0 unspecified atom stereocenters. The maximum absolute atomic E-state index is 5.06. The average molecular weight is 237 g/mol. The lowest BCUT2D eigenvalue weighted by atomic mass is 10.3. The summed E-state index contributed by atoms with van der Waals surface area (Å²) in [6.07, 6.45) is 2.91. The normalized spacial score (nSPS) is 10.5. The number of nitrogens with one attached hydrogen (secondary N) is 1. The van der Waals surface area contributed by atoms with Gasteiger partial charge >= 0.3 is 0 Å². The van der Waals surface area contributed by atoms with Gasteiger partial charge in [0.15, 0.2) is 0 Å². The summed E-state index contributed by atoms with van der Waals surface area (Å²) < 4.78 is 5.06. The van der Waals surface area contributed by atoms with Gasteiger partial charge in [0.05, 0.1) is 5.69 Å².